The fourth-order valence-corrected chi connectivity index (χ4v) is 3.97. The van der Waals surface area contributed by atoms with E-state index in [9.17, 15) is 9.59 Å². The summed E-state index contributed by atoms with van der Waals surface area (Å²) in [5.41, 5.74) is 2.84. The molecule has 0 saturated heterocycles. The molecule has 1 heterocycles. The number of ether oxygens (including phenoxy) is 1. The number of nitrogens with one attached hydrogen (secondary N) is 1. The van der Waals surface area contributed by atoms with Gasteiger partial charge in [0.25, 0.3) is 0 Å². The predicted molar refractivity (Wildman–Crippen MR) is 96.6 cm³/mol. The van der Waals surface area contributed by atoms with Gasteiger partial charge in [0.15, 0.2) is 5.78 Å². The molecule has 2 aliphatic rings. The standard InChI is InChI=1S/C20H28N2O3/c1-13(2)19(14(3)23)21-18(24)11-22-10-15-5-6-16(25-4)9-17(15)20(12-22)7-8-20/h5-6,9,13,19H,7-8,10-12H2,1-4H3,(H,21,24). The van der Waals surface area contributed by atoms with Gasteiger partial charge in [-0.15, -0.1) is 0 Å². The number of amides is 1. The van der Waals surface area contributed by atoms with Gasteiger partial charge in [0.2, 0.25) is 5.91 Å². The van der Waals surface area contributed by atoms with Crippen molar-refractivity contribution >= 4 is 11.7 Å². The van der Waals surface area contributed by atoms with Crippen LogP contribution in [0.15, 0.2) is 18.2 Å². The molecule has 1 spiro atoms. The first-order valence-corrected chi connectivity index (χ1v) is 9.04. The fraction of sp³-hybridized carbons (Fsp3) is 0.600. The molecular weight excluding hydrogens is 316 g/mol. The zero-order valence-electron chi connectivity index (χ0n) is 15.6. The van der Waals surface area contributed by atoms with Gasteiger partial charge in [-0.2, -0.15) is 0 Å². The minimum Gasteiger partial charge on any atom is -0.497 e. The van der Waals surface area contributed by atoms with Crippen molar-refractivity contribution in [2.75, 3.05) is 20.2 Å². The molecule has 25 heavy (non-hydrogen) atoms. The summed E-state index contributed by atoms with van der Waals surface area (Å²) < 4.78 is 5.37. The van der Waals surface area contributed by atoms with Gasteiger partial charge < -0.3 is 10.1 Å². The van der Waals surface area contributed by atoms with E-state index in [4.69, 9.17) is 4.74 Å². The molecule has 1 saturated carbocycles. The van der Waals surface area contributed by atoms with Gasteiger partial charge in [0, 0.05) is 18.5 Å². The summed E-state index contributed by atoms with van der Waals surface area (Å²) in [5, 5.41) is 2.90. The number of hydrogen-bond donors (Lipinski definition) is 1. The number of fused-ring (bicyclic) bond motifs is 2. The maximum atomic E-state index is 12.4. The predicted octanol–water partition coefficient (Wildman–Crippen LogP) is 2.27. The van der Waals surface area contributed by atoms with Gasteiger partial charge in [-0.3, -0.25) is 14.5 Å². The molecule has 136 valence electrons. The number of rotatable bonds is 6. The molecule has 1 fully saturated rings. The van der Waals surface area contributed by atoms with Crippen molar-refractivity contribution in [1.29, 1.82) is 0 Å². The van der Waals surface area contributed by atoms with E-state index in [2.05, 4.69) is 22.3 Å². The Morgan fingerprint density at radius 2 is 2.04 bits per heavy atom. The quantitative estimate of drug-likeness (QED) is 0.860. The van der Waals surface area contributed by atoms with Gasteiger partial charge in [0.05, 0.1) is 19.7 Å². The van der Waals surface area contributed by atoms with Crippen LogP contribution >= 0.6 is 0 Å². The van der Waals surface area contributed by atoms with E-state index >= 15 is 0 Å². The summed E-state index contributed by atoms with van der Waals surface area (Å²) in [4.78, 5) is 26.4. The van der Waals surface area contributed by atoms with E-state index in [0.717, 1.165) is 31.7 Å². The highest BCUT2D eigenvalue weighted by molar-refractivity contribution is 5.88. The smallest absolute Gasteiger partial charge is 0.234 e. The van der Waals surface area contributed by atoms with Gasteiger partial charge >= 0.3 is 0 Å². The van der Waals surface area contributed by atoms with Crippen LogP contribution in [0.3, 0.4) is 0 Å². The highest BCUT2D eigenvalue weighted by Gasteiger charge is 2.49. The SMILES string of the molecule is COc1ccc2c(c1)C1(CC1)CN(CC(=O)NC(C(C)=O)C(C)C)C2. The molecule has 5 nitrogen and oxygen atoms in total. The molecule has 3 rings (SSSR count). The van der Waals surface area contributed by atoms with E-state index < -0.39 is 6.04 Å². The normalized spacial score (nSPS) is 19.4. The third-order valence-corrected chi connectivity index (χ3v) is 5.45. The number of nitrogens with zero attached hydrogens (tertiary/aromatic N) is 1. The van der Waals surface area contributed by atoms with Crippen LogP contribution in [0.2, 0.25) is 0 Å². The highest BCUT2D eigenvalue weighted by Crippen LogP contribution is 2.53. The first-order valence-electron chi connectivity index (χ1n) is 9.04. The monoisotopic (exact) mass is 344 g/mol. The summed E-state index contributed by atoms with van der Waals surface area (Å²) in [5.74, 6) is 0.947. The number of benzene rings is 1. The lowest BCUT2D eigenvalue weighted by molar-refractivity contribution is -0.128. The average molecular weight is 344 g/mol. The minimum atomic E-state index is -0.399. The van der Waals surface area contributed by atoms with E-state index in [0.29, 0.717) is 6.54 Å². The second-order valence-electron chi connectivity index (χ2n) is 7.85. The molecule has 5 heteroatoms. The van der Waals surface area contributed by atoms with Gasteiger partial charge in [-0.25, -0.2) is 0 Å². The van der Waals surface area contributed by atoms with Crippen molar-refractivity contribution in [3.63, 3.8) is 0 Å². The third-order valence-electron chi connectivity index (χ3n) is 5.45. The van der Waals surface area contributed by atoms with Crippen LogP contribution < -0.4 is 10.1 Å². The van der Waals surface area contributed by atoms with Crippen molar-refractivity contribution in [1.82, 2.24) is 10.2 Å². The Hall–Kier alpha value is -1.88. The van der Waals surface area contributed by atoms with Crippen molar-refractivity contribution < 1.29 is 14.3 Å². The van der Waals surface area contributed by atoms with E-state index in [1.807, 2.05) is 19.9 Å². The summed E-state index contributed by atoms with van der Waals surface area (Å²) in [7, 11) is 1.70. The molecule has 0 bridgehead atoms. The molecule has 1 unspecified atom stereocenters. The highest BCUT2D eigenvalue weighted by atomic mass is 16.5. The Morgan fingerprint density at radius 1 is 1.32 bits per heavy atom. The van der Waals surface area contributed by atoms with Crippen molar-refractivity contribution in [2.24, 2.45) is 5.92 Å². The van der Waals surface area contributed by atoms with E-state index in [1.165, 1.54) is 18.1 Å². The minimum absolute atomic E-state index is 0.0121. The summed E-state index contributed by atoms with van der Waals surface area (Å²) in [6.45, 7) is 7.44. The number of hydrogen-bond acceptors (Lipinski definition) is 4. The molecule has 1 atom stereocenters. The molecule has 1 amide bonds. The second-order valence-corrected chi connectivity index (χ2v) is 7.85. The van der Waals surface area contributed by atoms with Gasteiger partial charge in [0.1, 0.15) is 5.75 Å². The van der Waals surface area contributed by atoms with Crippen molar-refractivity contribution in [3.8, 4) is 5.75 Å². The van der Waals surface area contributed by atoms with Crippen molar-refractivity contribution in [3.05, 3.63) is 29.3 Å². The van der Waals surface area contributed by atoms with E-state index in [-0.39, 0.29) is 23.0 Å². The fourth-order valence-electron chi connectivity index (χ4n) is 3.97. The van der Waals surface area contributed by atoms with Crippen molar-refractivity contribution in [2.45, 2.75) is 51.6 Å². The number of Topliss-reactive ketones (excluding diaryl/α,β-unsaturated/α-hetero) is 1. The summed E-state index contributed by atoms with van der Waals surface area (Å²) >= 11 is 0. The van der Waals surface area contributed by atoms with E-state index in [1.54, 1.807) is 7.11 Å². The lowest BCUT2D eigenvalue weighted by Gasteiger charge is -2.35. The van der Waals surface area contributed by atoms with Crippen LogP contribution in [0.5, 0.6) is 5.75 Å². The average Bonchev–Trinajstić information content (AvgIpc) is 3.31. The molecule has 0 radical (unpaired) electrons. The Morgan fingerprint density at radius 3 is 2.60 bits per heavy atom. The van der Waals surface area contributed by atoms with Gasteiger partial charge in [-0.05, 0) is 48.9 Å². The first-order chi connectivity index (χ1) is 11.8. The number of carbonyl (C=O) groups is 2. The number of methoxy groups -OCH3 is 1. The van der Waals surface area contributed by atoms with Crippen LogP contribution in [-0.2, 0) is 21.5 Å². The molecule has 1 aliphatic heterocycles. The van der Waals surface area contributed by atoms with Crippen LogP contribution in [0.25, 0.3) is 0 Å². The number of ketones is 1. The summed E-state index contributed by atoms with van der Waals surface area (Å²) in [6.07, 6.45) is 2.32. The molecule has 0 aromatic heterocycles. The molecule has 1 aliphatic carbocycles. The zero-order chi connectivity index (χ0) is 18.2. The van der Waals surface area contributed by atoms with Crippen LogP contribution in [0.1, 0.15) is 44.7 Å². The Labute approximate surface area is 149 Å². The first kappa shape index (κ1) is 17.9. The molecule has 1 N–H and O–H groups in total. The lowest BCUT2D eigenvalue weighted by atomic mass is 9.86. The summed E-state index contributed by atoms with van der Waals surface area (Å²) in [6, 6.07) is 5.86. The third kappa shape index (κ3) is 3.71. The number of carbonyl (C=O) groups excluding carboxylic acids is 2. The topological polar surface area (TPSA) is 58.6 Å². The molecular formula is C20H28N2O3. The maximum Gasteiger partial charge on any atom is 0.234 e. The largest absolute Gasteiger partial charge is 0.497 e. The van der Waals surface area contributed by atoms with Crippen LogP contribution in [0.4, 0.5) is 0 Å². The Bertz CT molecular complexity index is 680. The van der Waals surface area contributed by atoms with Gasteiger partial charge in [-0.1, -0.05) is 19.9 Å². The Kier molecular flexibility index (Phi) is 4.87. The van der Waals surface area contributed by atoms with Crippen LogP contribution in [0, 0.1) is 5.92 Å². The molecule has 1 aromatic carbocycles. The zero-order valence-corrected chi connectivity index (χ0v) is 15.6. The second kappa shape index (κ2) is 6.79. The lowest BCUT2D eigenvalue weighted by Crippen LogP contribution is -2.49. The Balaban J connectivity index is 1.69. The molecule has 1 aromatic rings. The maximum absolute atomic E-state index is 12.4. The van der Waals surface area contributed by atoms with Crippen LogP contribution in [-0.4, -0.2) is 42.8 Å².